The van der Waals surface area contributed by atoms with Crippen LogP contribution in [0.5, 0.6) is 0 Å². The second kappa shape index (κ2) is 8.19. The Bertz CT molecular complexity index is 980. The van der Waals surface area contributed by atoms with Crippen LogP contribution < -0.4 is 5.32 Å². The van der Waals surface area contributed by atoms with E-state index in [-0.39, 0.29) is 5.69 Å². The molecule has 3 rings (SSSR count). The first-order valence-electron chi connectivity index (χ1n) is 7.87. The lowest BCUT2D eigenvalue weighted by molar-refractivity contribution is -0.137. The number of thioether (sulfide) groups is 1. The van der Waals surface area contributed by atoms with E-state index in [0.29, 0.717) is 10.7 Å². The number of benzene rings is 2. The molecule has 1 heterocycles. The number of carbonyl (C=O) groups is 1. The molecule has 1 amide bonds. The normalized spacial score (nSPS) is 12.6. The first kappa shape index (κ1) is 20.2. The maximum absolute atomic E-state index is 13.1. The minimum Gasteiger partial charge on any atom is -0.325 e. The standard InChI is InChI=1S/C17H13ClF3N5OS/c1-26-16(23-24-25-26)28-14(10-5-3-2-4-6-10)15(27)22-11-7-8-13(18)12(9-11)17(19,20)21/h2-9,14H,1H3,(H,22,27)/t14-/m0/s1. The molecule has 1 atom stereocenters. The maximum atomic E-state index is 13.1. The van der Waals surface area contributed by atoms with Crippen molar-refractivity contribution < 1.29 is 18.0 Å². The van der Waals surface area contributed by atoms with Crippen LogP contribution in [0, 0.1) is 0 Å². The highest BCUT2D eigenvalue weighted by Gasteiger charge is 2.34. The molecule has 0 unspecified atom stereocenters. The second-order valence-electron chi connectivity index (χ2n) is 5.68. The molecule has 0 fully saturated rings. The van der Waals surface area contributed by atoms with Crippen LogP contribution in [0.4, 0.5) is 18.9 Å². The molecule has 0 radical (unpaired) electrons. The summed E-state index contributed by atoms with van der Waals surface area (Å²) in [6, 6.07) is 12.0. The Morgan fingerprint density at radius 1 is 1.21 bits per heavy atom. The van der Waals surface area contributed by atoms with Crippen molar-refractivity contribution in [3.63, 3.8) is 0 Å². The van der Waals surface area contributed by atoms with Gasteiger partial charge in [0.1, 0.15) is 5.25 Å². The van der Waals surface area contributed by atoms with Crippen molar-refractivity contribution in [3.8, 4) is 0 Å². The number of hydrogen-bond donors (Lipinski definition) is 1. The van der Waals surface area contributed by atoms with Crippen molar-refractivity contribution >= 4 is 35.0 Å². The molecule has 3 aromatic rings. The van der Waals surface area contributed by atoms with E-state index in [1.165, 1.54) is 10.7 Å². The zero-order chi connectivity index (χ0) is 20.3. The molecule has 2 aromatic carbocycles. The first-order chi connectivity index (χ1) is 13.3. The fraction of sp³-hybridized carbons (Fsp3) is 0.176. The predicted molar refractivity (Wildman–Crippen MR) is 98.9 cm³/mol. The summed E-state index contributed by atoms with van der Waals surface area (Å²) in [6.07, 6.45) is -4.63. The minimum absolute atomic E-state index is 0.0145. The molecule has 0 aliphatic rings. The van der Waals surface area contributed by atoms with Gasteiger partial charge in [-0.25, -0.2) is 4.68 Å². The summed E-state index contributed by atoms with van der Waals surface area (Å²) in [4.78, 5) is 12.9. The Balaban J connectivity index is 1.89. The minimum atomic E-state index is -4.63. The van der Waals surface area contributed by atoms with Gasteiger partial charge in [-0.1, -0.05) is 53.7 Å². The Labute approximate surface area is 167 Å². The Kier molecular flexibility index (Phi) is 5.90. The third-order valence-electron chi connectivity index (χ3n) is 3.68. The molecule has 0 saturated carbocycles. The Morgan fingerprint density at radius 3 is 2.54 bits per heavy atom. The van der Waals surface area contributed by atoms with Crippen molar-refractivity contribution in [2.24, 2.45) is 7.05 Å². The highest BCUT2D eigenvalue weighted by Crippen LogP contribution is 2.38. The van der Waals surface area contributed by atoms with E-state index in [1.54, 1.807) is 37.4 Å². The summed E-state index contributed by atoms with van der Waals surface area (Å²) in [5, 5.41) is 12.8. The number of nitrogens with zero attached hydrogens (tertiary/aromatic N) is 4. The molecule has 0 aliphatic heterocycles. The molecule has 146 valence electrons. The van der Waals surface area contributed by atoms with Gasteiger partial charge in [-0.3, -0.25) is 4.79 Å². The third-order valence-corrected chi connectivity index (χ3v) is 5.29. The van der Waals surface area contributed by atoms with Crippen molar-refractivity contribution in [2.75, 3.05) is 5.32 Å². The SMILES string of the molecule is Cn1nnnc1S[C@H](C(=O)Nc1ccc(Cl)c(C(F)(F)F)c1)c1ccccc1. The van der Waals surface area contributed by atoms with Gasteiger partial charge in [0.2, 0.25) is 11.1 Å². The largest absolute Gasteiger partial charge is 0.417 e. The maximum Gasteiger partial charge on any atom is 0.417 e. The van der Waals surface area contributed by atoms with E-state index in [4.69, 9.17) is 11.6 Å². The number of alkyl halides is 3. The van der Waals surface area contributed by atoms with Crippen molar-refractivity contribution in [2.45, 2.75) is 16.6 Å². The van der Waals surface area contributed by atoms with Crippen LogP contribution in [0.1, 0.15) is 16.4 Å². The van der Waals surface area contributed by atoms with Crippen LogP contribution in [0.2, 0.25) is 5.02 Å². The summed E-state index contributed by atoms with van der Waals surface area (Å²) in [7, 11) is 1.62. The van der Waals surface area contributed by atoms with Crippen LogP contribution in [-0.2, 0) is 18.0 Å². The van der Waals surface area contributed by atoms with Gasteiger partial charge in [-0.15, -0.1) is 5.10 Å². The third kappa shape index (κ3) is 4.63. The second-order valence-corrected chi connectivity index (χ2v) is 7.15. The quantitative estimate of drug-likeness (QED) is 0.613. The van der Waals surface area contributed by atoms with Gasteiger partial charge < -0.3 is 5.32 Å². The van der Waals surface area contributed by atoms with Crippen molar-refractivity contribution in [3.05, 3.63) is 64.7 Å². The number of carbonyl (C=O) groups excluding carboxylic acids is 1. The Morgan fingerprint density at radius 2 is 1.93 bits per heavy atom. The van der Waals surface area contributed by atoms with Crippen molar-refractivity contribution in [1.29, 1.82) is 0 Å². The van der Waals surface area contributed by atoms with E-state index in [2.05, 4.69) is 20.8 Å². The van der Waals surface area contributed by atoms with Crippen LogP contribution in [0.15, 0.2) is 53.7 Å². The lowest BCUT2D eigenvalue weighted by Crippen LogP contribution is -2.20. The Hall–Kier alpha value is -2.59. The van der Waals surface area contributed by atoms with Gasteiger partial charge in [0, 0.05) is 12.7 Å². The molecule has 11 heteroatoms. The molecule has 0 aliphatic carbocycles. The van der Waals surface area contributed by atoms with Crippen LogP contribution in [0.3, 0.4) is 0 Å². The number of aromatic nitrogens is 4. The number of anilines is 1. The van der Waals surface area contributed by atoms with Crippen LogP contribution >= 0.6 is 23.4 Å². The summed E-state index contributed by atoms with van der Waals surface area (Å²) in [5.74, 6) is -0.519. The average Bonchev–Trinajstić information content (AvgIpc) is 3.05. The van der Waals surface area contributed by atoms with Gasteiger partial charge in [-0.2, -0.15) is 13.2 Å². The average molecular weight is 428 g/mol. The fourth-order valence-electron chi connectivity index (χ4n) is 2.36. The highest BCUT2D eigenvalue weighted by atomic mass is 35.5. The summed E-state index contributed by atoms with van der Waals surface area (Å²) >= 11 is 6.71. The topological polar surface area (TPSA) is 72.7 Å². The van der Waals surface area contributed by atoms with E-state index in [9.17, 15) is 18.0 Å². The summed E-state index contributed by atoms with van der Waals surface area (Å²) in [5.41, 5.74) is -0.384. The van der Waals surface area contributed by atoms with E-state index >= 15 is 0 Å². The fourth-order valence-corrected chi connectivity index (χ4v) is 3.52. The number of amides is 1. The first-order valence-corrected chi connectivity index (χ1v) is 9.13. The number of tetrazole rings is 1. The van der Waals surface area contributed by atoms with Gasteiger partial charge in [0.05, 0.1) is 10.6 Å². The molecule has 0 spiro atoms. The highest BCUT2D eigenvalue weighted by molar-refractivity contribution is 8.00. The van der Waals surface area contributed by atoms with Gasteiger partial charge >= 0.3 is 6.18 Å². The molecule has 1 aromatic heterocycles. The molecular formula is C17H13ClF3N5OS. The molecule has 0 bridgehead atoms. The molecular weight excluding hydrogens is 415 g/mol. The van der Waals surface area contributed by atoms with E-state index in [1.807, 2.05) is 0 Å². The lowest BCUT2D eigenvalue weighted by atomic mass is 10.1. The zero-order valence-corrected chi connectivity index (χ0v) is 15.9. The summed E-state index contributed by atoms with van der Waals surface area (Å²) < 4.78 is 40.6. The molecule has 6 nitrogen and oxygen atoms in total. The van der Waals surface area contributed by atoms with Gasteiger partial charge in [0.25, 0.3) is 0 Å². The van der Waals surface area contributed by atoms with Crippen molar-refractivity contribution in [1.82, 2.24) is 20.2 Å². The molecule has 28 heavy (non-hydrogen) atoms. The number of aryl methyl sites for hydroxylation is 1. The zero-order valence-electron chi connectivity index (χ0n) is 14.3. The number of nitrogens with one attached hydrogen (secondary N) is 1. The number of hydrogen-bond acceptors (Lipinski definition) is 5. The monoisotopic (exact) mass is 427 g/mol. The summed E-state index contributed by atoms with van der Waals surface area (Å²) in [6.45, 7) is 0. The predicted octanol–water partition coefficient (Wildman–Crippen LogP) is 4.35. The molecule has 0 saturated heterocycles. The van der Waals surface area contributed by atoms with E-state index < -0.39 is 27.9 Å². The van der Waals surface area contributed by atoms with Crippen LogP contribution in [-0.4, -0.2) is 26.1 Å². The smallest absolute Gasteiger partial charge is 0.325 e. The number of halogens is 4. The lowest BCUT2D eigenvalue weighted by Gasteiger charge is -2.17. The van der Waals surface area contributed by atoms with E-state index in [0.717, 1.165) is 23.9 Å². The van der Waals surface area contributed by atoms with Crippen LogP contribution in [0.25, 0.3) is 0 Å². The van der Waals surface area contributed by atoms with Gasteiger partial charge in [-0.05, 0) is 34.2 Å². The van der Waals surface area contributed by atoms with Gasteiger partial charge in [0.15, 0.2) is 0 Å². The number of rotatable bonds is 5. The molecule has 1 N–H and O–H groups in total.